The summed E-state index contributed by atoms with van der Waals surface area (Å²) in [5.41, 5.74) is 7.89. The monoisotopic (exact) mass is 288 g/mol. The van der Waals surface area contributed by atoms with Gasteiger partial charge >= 0.3 is 0 Å². The molecule has 1 aliphatic rings. The summed E-state index contributed by atoms with van der Waals surface area (Å²) in [7, 11) is 0. The minimum absolute atomic E-state index is 0.0886. The van der Waals surface area contributed by atoms with Crippen molar-refractivity contribution in [3.63, 3.8) is 0 Å². The molecule has 2 nitrogen and oxygen atoms in total. The molecule has 1 saturated heterocycles. The van der Waals surface area contributed by atoms with Gasteiger partial charge in [0.2, 0.25) is 0 Å². The Kier molecular flexibility index (Phi) is 3.99. The molecule has 0 bridgehead atoms. The molecule has 0 amide bonds. The molecule has 1 aliphatic heterocycles. The van der Waals surface area contributed by atoms with Crippen molar-refractivity contribution in [2.45, 2.75) is 18.5 Å². The number of likely N-dealkylation sites (tertiary alicyclic amines) is 1. The molecule has 2 atom stereocenters. The van der Waals surface area contributed by atoms with E-state index in [-0.39, 0.29) is 12.0 Å². The summed E-state index contributed by atoms with van der Waals surface area (Å²) in [6.45, 7) is 2.21. The van der Waals surface area contributed by atoms with Crippen molar-refractivity contribution in [3.05, 3.63) is 71.3 Å². The normalized spacial score (nSPS) is 22.6. The third-order valence-corrected chi connectivity index (χ3v) is 4.05. The largest absolute Gasteiger partial charge is 0.326 e. The van der Waals surface area contributed by atoms with Crippen LogP contribution in [-0.2, 0) is 6.54 Å². The van der Waals surface area contributed by atoms with Gasteiger partial charge in [-0.2, -0.15) is 0 Å². The molecule has 1 heterocycles. The summed E-state index contributed by atoms with van der Waals surface area (Å²) in [6, 6.07) is 13.7. The van der Waals surface area contributed by atoms with Crippen molar-refractivity contribution < 1.29 is 8.78 Å². The van der Waals surface area contributed by atoms with E-state index in [1.165, 1.54) is 17.7 Å². The topological polar surface area (TPSA) is 29.3 Å². The van der Waals surface area contributed by atoms with E-state index in [4.69, 9.17) is 5.73 Å². The van der Waals surface area contributed by atoms with E-state index >= 15 is 0 Å². The molecule has 3 rings (SSSR count). The van der Waals surface area contributed by atoms with Gasteiger partial charge < -0.3 is 5.73 Å². The fraction of sp³-hybridized carbons (Fsp3) is 0.294. The molecule has 0 spiro atoms. The Morgan fingerprint density at radius 3 is 2.52 bits per heavy atom. The Morgan fingerprint density at radius 2 is 1.81 bits per heavy atom. The number of hydrogen-bond acceptors (Lipinski definition) is 2. The molecule has 4 heteroatoms. The van der Waals surface area contributed by atoms with Crippen molar-refractivity contribution in [3.8, 4) is 0 Å². The van der Waals surface area contributed by atoms with Gasteiger partial charge in [0.15, 0.2) is 0 Å². The summed E-state index contributed by atoms with van der Waals surface area (Å²) in [5.74, 6) is -1.14. The highest BCUT2D eigenvalue weighted by Crippen LogP contribution is 2.29. The average molecular weight is 288 g/mol. The molecule has 0 saturated carbocycles. The lowest BCUT2D eigenvalue weighted by atomic mass is 9.94. The predicted molar refractivity (Wildman–Crippen MR) is 78.8 cm³/mol. The van der Waals surface area contributed by atoms with Crippen LogP contribution in [-0.4, -0.2) is 24.0 Å². The highest BCUT2D eigenvalue weighted by Gasteiger charge is 2.32. The smallest absolute Gasteiger partial charge is 0.129 e. The quantitative estimate of drug-likeness (QED) is 0.941. The molecule has 2 aromatic rings. The van der Waals surface area contributed by atoms with Crippen LogP contribution in [0.2, 0.25) is 0 Å². The molecular formula is C17H18F2N2. The van der Waals surface area contributed by atoms with Gasteiger partial charge in [-0.15, -0.1) is 0 Å². The zero-order chi connectivity index (χ0) is 14.8. The van der Waals surface area contributed by atoms with Crippen LogP contribution in [0.25, 0.3) is 0 Å². The van der Waals surface area contributed by atoms with Crippen LogP contribution in [0.1, 0.15) is 17.0 Å². The second-order valence-electron chi connectivity index (χ2n) is 5.62. The van der Waals surface area contributed by atoms with Gasteiger partial charge in [0.25, 0.3) is 0 Å². The standard InChI is InChI=1S/C17H18F2N2/c18-13-6-7-14(16(19)8-13)15-10-21(11-17(15)20)9-12-4-2-1-3-5-12/h1-8,15,17H,9-11,20H2/t15-,17+/m1/s1. The SMILES string of the molecule is N[C@H]1CN(Cc2ccccc2)C[C@@H]1c1ccc(F)cc1F. The van der Waals surface area contributed by atoms with Crippen LogP contribution in [0, 0.1) is 11.6 Å². The van der Waals surface area contributed by atoms with Crippen molar-refractivity contribution in [2.24, 2.45) is 5.73 Å². The van der Waals surface area contributed by atoms with E-state index in [2.05, 4.69) is 17.0 Å². The minimum atomic E-state index is -0.552. The Balaban J connectivity index is 1.74. The van der Waals surface area contributed by atoms with Crippen LogP contribution in [0.5, 0.6) is 0 Å². The first kappa shape index (κ1) is 14.2. The molecule has 2 N–H and O–H groups in total. The molecule has 0 aliphatic carbocycles. The second-order valence-corrected chi connectivity index (χ2v) is 5.62. The second kappa shape index (κ2) is 5.92. The zero-order valence-corrected chi connectivity index (χ0v) is 11.7. The van der Waals surface area contributed by atoms with Crippen LogP contribution in [0.15, 0.2) is 48.5 Å². The van der Waals surface area contributed by atoms with Gasteiger partial charge in [-0.05, 0) is 17.2 Å². The third kappa shape index (κ3) is 3.12. The van der Waals surface area contributed by atoms with E-state index in [0.29, 0.717) is 12.1 Å². The number of hydrogen-bond donors (Lipinski definition) is 1. The zero-order valence-electron chi connectivity index (χ0n) is 11.7. The highest BCUT2D eigenvalue weighted by atomic mass is 19.1. The first-order valence-electron chi connectivity index (χ1n) is 7.10. The van der Waals surface area contributed by atoms with Gasteiger partial charge in [-0.3, -0.25) is 4.90 Å². The Morgan fingerprint density at radius 1 is 1.05 bits per heavy atom. The van der Waals surface area contributed by atoms with E-state index < -0.39 is 11.6 Å². The first-order valence-corrected chi connectivity index (χ1v) is 7.10. The molecule has 1 fully saturated rings. The Labute approximate surface area is 123 Å². The fourth-order valence-electron chi connectivity index (χ4n) is 3.02. The third-order valence-electron chi connectivity index (χ3n) is 4.05. The molecule has 110 valence electrons. The van der Waals surface area contributed by atoms with Crippen LogP contribution >= 0.6 is 0 Å². The van der Waals surface area contributed by atoms with E-state index in [0.717, 1.165) is 19.2 Å². The van der Waals surface area contributed by atoms with Crippen LogP contribution in [0.3, 0.4) is 0 Å². The number of benzene rings is 2. The predicted octanol–water partition coefficient (Wildman–Crippen LogP) is 2.89. The summed E-state index contributed by atoms with van der Waals surface area (Å²) in [6.07, 6.45) is 0. The van der Waals surface area contributed by atoms with Gasteiger partial charge in [0, 0.05) is 37.7 Å². The van der Waals surface area contributed by atoms with Crippen LogP contribution < -0.4 is 5.73 Å². The summed E-state index contributed by atoms with van der Waals surface area (Å²) in [4.78, 5) is 2.22. The van der Waals surface area contributed by atoms with Crippen LogP contribution in [0.4, 0.5) is 8.78 Å². The maximum absolute atomic E-state index is 13.9. The van der Waals surface area contributed by atoms with E-state index in [1.807, 2.05) is 18.2 Å². The number of rotatable bonds is 3. The maximum Gasteiger partial charge on any atom is 0.129 e. The molecule has 0 radical (unpaired) electrons. The lowest BCUT2D eigenvalue weighted by Crippen LogP contribution is -2.29. The van der Waals surface area contributed by atoms with E-state index in [1.54, 1.807) is 0 Å². The van der Waals surface area contributed by atoms with E-state index in [9.17, 15) is 8.78 Å². The highest BCUT2D eigenvalue weighted by molar-refractivity contribution is 5.26. The molecule has 0 unspecified atom stereocenters. The summed E-state index contributed by atoms with van der Waals surface area (Å²) in [5, 5.41) is 0. The molecule has 21 heavy (non-hydrogen) atoms. The number of nitrogens with two attached hydrogens (primary N) is 1. The number of nitrogens with zero attached hydrogens (tertiary/aromatic N) is 1. The van der Waals surface area contributed by atoms with Gasteiger partial charge in [0.1, 0.15) is 11.6 Å². The Hall–Kier alpha value is -1.78. The number of halogens is 2. The summed E-state index contributed by atoms with van der Waals surface area (Å²) >= 11 is 0. The van der Waals surface area contributed by atoms with Crippen molar-refractivity contribution in [2.75, 3.05) is 13.1 Å². The van der Waals surface area contributed by atoms with Gasteiger partial charge in [0.05, 0.1) is 0 Å². The van der Waals surface area contributed by atoms with Crippen molar-refractivity contribution in [1.82, 2.24) is 4.90 Å². The molecular weight excluding hydrogens is 270 g/mol. The average Bonchev–Trinajstić information content (AvgIpc) is 2.80. The summed E-state index contributed by atoms with van der Waals surface area (Å²) < 4.78 is 26.9. The molecule has 2 aromatic carbocycles. The molecule has 0 aromatic heterocycles. The van der Waals surface area contributed by atoms with Crippen molar-refractivity contribution >= 4 is 0 Å². The fourth-order valence-corrected chi connectivity index (χ4v) is 3.02. The lowest BCUT2D eigenvalue weighted by Gasteiger charge is -2.16. The minimum Gasteiger partial charge on any atom is -0.326 e. The van der Waals surface area contributed by atoms with Crippen molar-refractivity contribution in [1.29, 1.82) is 0 Å². The maximum atomic E-state index is 13.9. The van der Waals surface area contributed by atoms with Gasteiger partial charge in [-0.25, -0.2) is 8.78 Å². The first-order chi connectivity index (χ1) is 10.1. The van der Waals surface area contributed by atoms with Gasteiger partial charge in [-0.1, -0.05) is 36.4 Å². The Bertz CT molecular complexity index is 615. The lowest BCUT2D eigenvalue weighted by molar-refractivity contribution is 0.323.